The Morgan fingerprint density at radius 1 is 1.25 bits per heavy atom. The van der Waals surface area contributed by atoms with Gasteiger partial charge in [-0.25, -0.2) is 4.79 Å². The Kier molecular flexibility index (Phi) is 4.05. The van der Waals surface area contributed by atoms with Crippen molar-refractivity contribution in [3.8, 4) is 5.75 Å². The van der Waals surface area contributed by atoms with E-state index in [-0.39, 0.29) is 18.6 Å². The predicted octanol–water partition coefficient (Wildman–Crippen LogP) is 1.54. The second-order valence-electron chi connectivity index (χ2n) is 3.51. The fourth-order valence-electron chi connectivity index (χ4n) is 1.49. The summed E-state index contributed by atoms with van der Waals surface area (Å²) in [7, 11) is 0. The number of ketones is 1. The highest BCUT2D eigenvalue weighted by atomic mass is 16.4. The van der Waals surface area contributed by atoms with Crippen LogP contribution in [0.1, 0.15) is 24.5 Å². The van der Waals surface area contributed by atoms with Gasteiger partial charge >= 0.3 is 5.97 Å². The molecule has 0 unspecified atom stereocenters. The van der Waals surface area contributed by atoms with E-state index < -0.39 is 11.8 Å². The molecule has 0 amide bonds. The molecule has 0 aliphatic rings. The molecule has 1 aromatic rings. The van der Waals surface area contributed by atoms with Crippen molar-refractivity contribution < 1.29 is 19.8 Å². The number of carboxylic acid groups (broad SMARTS) is 1. The number of carbonyl (C=O) groups is 2. The summed E-state index contributed by atoms with van der Waals surface area (Å²) in [6, 6.07) is 5.29. The fraction of sp³-hybridized carbons (Fsp3) is 0.333. The minimum absolute atomic E-state index is 0.0872. The normalized spacial score (nSPS) is 10.1. The summed E-state index contributed by atoms with van der Waals surface area (Å²) in [6.45, 7) is 1.92. The number of carbonyl (C=O) groups excluding carboxylic acids is 1. The van der Waals surface area contributed by atoms with Gasteiger partial charge in [-0.05, 0) is 24.0 Å². The maximum absolute atomic E-state index is 10.9. The van der Waals surface area contributed by atoms with Crippen LogP contribution in [-0.4, -0.2) is 22.0 Å². The molecule has 1 aromatic carbocycles. The maximum Gasteiger partial charge on any atom is 0.372 e. The number of Topliss-reactive ketones (excluding diaryl/α,β-unsaturated/α-hetero) is 1. The van der Waals surface area contributed by atoms with Crippen molar-refractivity contribution in [2.24, 2.45) is 0 Å². The number of phenols is 1. The van der Waals surface area contributed by atoms with Crippen molar-refractivity contribution in [2.45, 2.75) is 26.2 Å². The summed E-state index contributed by atoms with van der Waals surface area (Å²) in [6.07, 6.45) is 0.868. The van der Waals surface area contributed by atoms with Crippen LogP contribution in [-0.2, 0) is 22.4 Å². The van der Waals surface area contributed by atoms with E-state index in [1.165, 1.54) is 0 Å². The Labute approximate surface area is 93.5 Å². The van der Waals surface area contributed by atoms with Gasteiger partial charge in [0.15, 0.2) is 0 Å². The number of benzene rings is 1. The number of hydrogen-bond donors (Lipinski definition) is 2. The van der Waals surface area contributed by atoms with Gasteiger partial charge in [0.05, 0.1) is 0 Å². The van der Waals surface area contributed by atoms with Gasteiger partial charge in [0.2, 0.25) is 5.78 Å². The zero-order valence-electron chi connectivity index (χ0n) is 9.06. The molecule has 0 spiro atoms. The molecular weight excluding hydrogens is 208 g/mol. The van der Waals surface area contributed by atoms with E-state index in [1.807, 2.05) is 6.92 Å². The van der Waals surface area contributed by atoms with Crippen LogP contribution in [0.5, 0.6) is 5.75 Å². The molecule has 16 heavy (non-hydrogen) atoms. The summed E-state index contributed by atoms with van der Waals surface area (Å²) in [5.74, 6) is -2.09. The Morgan fingerprint density at radius 3 is 2.44 bits per heavy atom. The van der Waals surface area contributed by atoms with E-state index in [9.17, 15) is 14.7 Å². The molecule has 86 valence electrons. The molecule has 4 heteroatoms. The van der Waals surface area contributed by atoms with Crippen LogP contribution < -0.4 is 0 Å². The number of aryl methyl sites for hydroxylation is 2. The zero-order valence-corrected chi connectivity index (χ0v) is 9.06. The van der Waals surface area contributed by atoms with Crippen LogP contribution in [0.2, 0.25) is 0 Å². The Morgan fingerprint density at radius 2 is 1.88 bits per heavy atom. The topological polar surface area (TPSA) is 74.6 Å². The van der Waals surface area contributed by atoms with Crippen molar-refractivity contribution in [1.29, 1.82) is 0 Å². The van der Waals surface area contributed by atoms with Crippen LogP contribution >= 0.6 is 0 Å². The third kappa shape index (κ3) is 2.82. The van der Waals surface area contributed by atoms with Crippen molar-refractivity contribution in [1.82, 2.24) is 0 Å². The molecule has 0 aliphatic heterocycles. The lowest BCUT2D eigenvalue weighted by atomic mass is 10.0. The van der Waals surface area contributed by atoms with Gasteiger partial charge in [-0.3, -0.25) is 4.79 Å². The summed E-state index contributed by atoms with van der Waals surface area (Å²) < 4.78 is 0. The molecule has 0 radical (unpaired) electrons. The number of aromatic hydroxyl groups is 1. The van der Waals surface area contributed by atoms with Gasteiger partial charge in [-0.1, -0.05) is 25.1 Å². The van der Waals surface area contributed by atoms with Gasteiger partial charge in [0.1, 0.15) is 5.75 Å². The number of carboxylic acids is 1. The maximum atomic E-state index is 10.9. The lowest BCUT2D eigenvalue weighted by Gasteiger charge is -2.07. The van der Waals surface area contributed by atoms with Gasteiger partial charge in [0.25, 0.3) is 0 Å². The third-order valence-corrected chi connectivity index (χ3v) is 2.44. The first-order valence-electron chi connectivity index (χ1n) is 5.12. The first-order valence-corrected chi connectivity index (χ1v) is 5.12. The van der Waals surface area contributed by atoms with E-state index in [4.69, 9.17) is 5.11 Å². The lowest BCUT2D eigenvalue weighted by Crippen LogP contribution is -2.13. The van der Waals surface area contributed by atoms with E-state index >= 15 is 0 Å². The highest BCUT2D eigenvalue weighted by Gasteiger charge is 2.13. The summed E-state index contributed by atoms with van der Waals surface area (Å²) in [5, 5.41) is 18.2. The summed E-state index contributed by atoms with van der Waals surface area (Å²) in [5.41, 5.74) is 1.43. The summed E-state index contributed by atoms with van der Waals surface area (Å²) in [4.78, 5) is 21.2. The van der Waals surface area contributed by atoms with E-state index in [1.54, 1.807) is 18.2 Å². The molecular formula is C12H14O4. The van der Waals surface area contributed by atoms with Crippen LogP contribution in [0.3, 0.4) is 0 Å². The molecule has 0 aliphatic carbocycles. The molecule has 0 saturated heterocycles. The van der Waals surface area contributed by atoms with Gasteiger partial charge < -0.3 is 10.2 Å². The number of rotatable bonds is 5. The Hall–Kier alpha value is -1.84. The van der Waals surface area contributed by atoms with Crippen molar-refractivity contribution >= 4 is 11.8 Å². The van der Waals surface area contributed by atoms with Gasteiger partial charge in [-0.2, -0.15) is 0 Å². The van der Waals surface area contributed by atoms with Gasteiger partial charge in [-0.15, -0.1) is 0 Å². The second kappa shape index (κ2) is 5.30. The lowest BCUT2D eigenvalue weighted by molar-refractivity contribution is -0.149. The first kappa shape index (κ1) is 12.2. The Bertz CT molecular complexity index is 409. The number of hydrogen-bond acceptors (Lipinski definition) is 3. The highest BCUT2D eigenvalue weighted by Crippen LogP contribution is 2.23. The highest BCUT2D eigenvalue weighted by molar-refractivity contribution is 6.32. The molecule has 0 bridgehead atoms. The van der Waals surface area contributed by atoms with Crippen LogP contribution in [0.4, 0.5) is 0 Å². The monoisotopic (exact) mass is 222 g/mol. The number of phenolic OH excluding ortho intramolecular Hbond substituents is 1. The smallest absolute Gasteiger partial charge is 0.372 e. The van der Waals surface area contributed by atoms with Crippen LogP contribution in [0.25, 0.3) is 0 Å². The standard InChI is InChI=1S/C12H14O4/c1-2-8-4-3-5-9(11(8)14)6-7-10(13)12(15)16/h3-5,14H,2,6-7H2,1H3,(H,15,16). The van der Waals surface area contributed by atoms with Gasteiger partial charge in [0, 0.05) is 6.42 Å². The van der Waals surface area contributed by atoms with E-state index in [0.717, 1.165) is 5.56 Å². The van der Waals surface area contributed by atoms with E-state index in [2.05, 4.69) is 0 Å². The molecule has 1 rings (SSSR count). The zero-order chi connectivity index (χ0) is 12.1. The second-order valence-corrected chi connectivity index (χ2v) is 3.51. The van der Waals surface area contributed by atoms with Crippen molar-refractivity contribution in [2.75, 3.05) is 0 Å². The van der Waals surface area contributed by atoms with Crippen molar-refractivity contribution in [3.63, 3.8) is 0 Å². The largest absolute Gasteiger partial charge is 0.507 e. The minimum Gasteiger partial charge on any atom is -0.507 e. The molecule has 0 saturated carbocycles. The average Bonchev–Trinajstić information content (AvgIpc) is 2.27. The summed E-state index contributed by atoms with van der Waals surface area (Å²) >= 11 is 0. The molecule has 2 N–H and O–H groups in total. The minimum atomic E-state index is -1.42. The van der Waals surface area contributed by atoms with Crippen LogP contribution in [0, 0.1) is 0 Å². The molecule has 0 heterocycles. The fourth-order valence-corrected chi connectivity index (χ4v) is 1.49. The van der Waals surface area contributed by atoms with Crippen molar-refractivity contribution in [3.05, 3.63) is 29.3 Å². The predicted molar refractivity (Wildman–Crippen MR) is 58.4 cm³/mol. The quantitative estimate of drug-likeness (QED) is 0.741. The molecule has 4 nitrogen and oxygen atoms in total. The molecule has 0 fully saturated rings. The SMILES string of the molecule is CCc1cccc(CCC(=O)C(=O)O)c1O. The third-order valence-electron chi connectivity index (χ3n) is 2.44. The number of para-hydroxylation sites is 1. The Balaban J connectivity index is 2.75. The van der Waals surface area contributed by atoms with Crippen LogP contribution in [0.15, 0.2) is 18.2 Å². The first-order chi connectivity index (χ1) is 7.56. The number of aliphatic carboxylic acids is 1. The molecule has 0 aromatic heterocycles. The van der Waals surface area contributed by atoms with E-state index in [0.29, 0.717) is 12.0 Å². The molecule has 0 atom stereocenters. The average molecular weight is 222 g/mol.